The summed E-state index contributed by atoms with van der Waals surface area (Å²) in [6.45, 7) is 7.18. The average Bonchev–Trinajstić information content (AvgIpc) is 3.63. The number of para-hydroxylation sites is 1. The Bertz CT molecular complexity index is 907. The van der Waals surface area contributed by atoms with Crippen LogP contribution in [0.15, 0.2) is 53.5 Å². The number of aliphatic imine (C=N–C) groups is 1. The number of anilines is 1. The minimum atomic E-state index is 0. The first-order chi connectivity index (χ1) is 15.2. The van der Waals surface area contributed by atoms with Gasteiger partial charge in [0.05, 0.1) is 19.2 Å². The lowest BCUT2D eigenvalue weighted by atomic mass is 10.0. The van der Waals surface area contributed by atoms with Crippen LogP contribution < -0.4 is 20.7 Å². The van der Waals surface area contributed by atoms with Crippen molar-refractivity contribution in [1.29, 1.82) is 0 Å². The smallest absolute Gasteiger partial charge is 0.189 e. The minimum Gasteiger partial charge on any atom is -0.493 e. The Balaban J connectivity index is 0.00000245. The van der Waals surface area contributed by atoms with E-state index >= 15 is 0 Å². The van der Waals surface area contributed by atoms with E-state index in [1.165, 1.54) is 43.7 Å². The summed E-state index contributed by atoms with van der Waals surface area (Å²) in [5.41, 5.74) is 9.82. The molecule has 0 radical (unpaired) electrons. The molecule has 1 saturated heterocycles. The molecular formula is C25H34IN5O. The number of guanidine groups is 1. The molecule has 32 heavy (non-hydrogen) atoms. The zero-order valence-corrected chi connectivity index (χ0v) is 20.9. The first kappa shape index (κ1) is 23.2. The molecule has 3 aliphatic rings. The van der Waals surface area contributed by atoms with Crippen molar-refractivity contribution in [3.8, 4) is 5.75 Å². The van der Waals surface area contributed by atoms with Gasteiger partial charge in [0.1, 0.15) is 5.75 Å². The first-order valence-electron chi connectivity index (χ1n) is 11.6. The highest BCUT2D eigenvalue weighted by atomic mass is 127. The lowest BCUT2D eigenvalue weighted by molar-refractivity contribution is 0.248. The maximum atomic E-state index is 6.19. The van der Waals surface area contributed by atoms with E-state index in [1.54, 1.807) is 0 Å². The van der Waals surface area contributed by atoms with Crippen molar-refractivity contribution in [2.45, 2.75) is 31.8 Å². The van der Waals surface area contributed by atoms with Gasteiger partial charge in [-0.25, -0.2) is 4.99 Å². The highest BCUT2D eigenvalue weighted by Gasteiger charge is 2.26. The third kappa shape index (κ3) is 5.86. The molecule has 6 nitrogen and oxygen atoms in total. The Labute approximate surface area is 208 Å². The van der Waals surface area contributed by atoms with E-state index in [1.807, 2.05) is 18.2 Å². The molecule has 0 amide bonds. The van der Waals surface area contributed by atoms with E-state index in [4.69, 9.17) is 10.5 Å². The summed E-state index contributed by atoms with van der Waals surface area (Å²) in [5.74, 6) is 2.40. The number of nitrogens with two attached hydrogens (primary N) is 1. The second-order valence-corrected chi connectivity index (χ2v) is 8.97. The quantitative estimate of drug-likeness (QED) is 0.328. The summed E-state index contributed by atoms with van der Waals surface area (Å²) in [6, 6.07) is 17.1. The van der Waals surface area contributed by atoms with Gasteiger partial charge in [0.15, 0.2) is 5.96 Å². The average molecular weight is 547 g/mol. The lowest BCUT2D eigenvalue weighted by Gasteiger charge is -2.36. The molecule has 0 spiro atoms. The van der Waals surface area contributed by atoms with E-state index in [2.05, 4.69) is 50.4 Å². The van der Waals surface area contributed by atoms with Crippen molar-refractivity contribution in [2.24, 2.45) is 16.6 Å². The summed E-state index contributed by atoms with van der Waals surface area (Å²) in [7, 11) is 0. The van der Waals surface area contributed by atoms with Gasteiger partial charge in [-0.15, -0.1) is 24.0 Å². The summed E-state index contributed by atoms with van der Waals surface area (Å²) in [4.78, 5) is 9.69. The van der Waals surface area contributed by atoms with Gasteiger partial charge in [-0.3, -0.25) is 4.90 Å². The van der Waals surface area contributed by atoms with Crippen molar-refractivity contribution in [1.82, 2.24) is 10.2 Å². The fraction of sp³-hybridized carbons (Fsp3) is 0.480. The number of nitrogens with one attached hydrogen (secondary N) is 1. The standard InChI is InChI=1S/C25H33N5O.HI/c26-25(28-23-11-16-31-24-4-2-1-3-22(23)24)27-17-19-7-9-21(10-8-19)30-14-12-29(13-15-30)18-20-5-6-20;/h1-4,7-10,20,23H,5-6,11-18H2,(H3,26,27,28);1H. The molecule has 2 aliphatic heterocycles. The Morgan fingerprint density at radius 3 is 2.50 bits per heavy atom. The van der Waals surface area contributed by atoms with Crippen molar-refractivity contribution in [3.05, 3.63) is 59.7 Å². The SMILES string of the molecule is I.NC(=NCc1ccc(N2CCN(CC3CC3)CC2)cc1)NC1CCOc2ccccc21. The van der Waals surface area contributed by atoms with Crippen LogP contribution in [-0.4, -0.2) is 50.2 Å². The Morgan fingerprint density at radius 1 is 1.00 bits per heavy atom. The number of hydrogen-bond donors (Lipinski definition) is 2. The molecule has 1 aliphatic carbocycles. The fourth-order valence-electron chi connectivity index (χ4n) is 4.56. The van der Waals surface area contributed by atoms with Crippen LogP contribution in [0.4, 0.5) is 5.69 Å². The van der Waals surface area contributed by atoms with Gasteiger partial charge in [-0.2, -0.15) is 0 Å². The largest absolute Gasteiger partial charge is 0.493 e. The number of halogens is 1. The molecule has 3 N–H and O–H groups in total. The Hall–Kier alpha value is -2.00. The molecule has 0 aromatic heterocycles. The van der Waals surface area contributed by atoms with Crippen LogP contribution in [0.3, 0.4) is 0 Å². The minimum absolute atomic E-state index is 0. The first-order valence-corrected chi connectivity index (χ1v) is 11.6. The summed E-state index contributed by atoms with van der Waals surface area (Å²) in [6.07, 6.45) is 3.76. The third-order valence-electron chi connectivity index (χ3n) is 6.60. The van der Waals surface area contributed by atoms with E-state index in [-0.39, 0.29) is 30.0 Å². The van der Waals surface area contributed by atoms with Crippen LogP contribution >= 0.6 is 24.0 Å². The summed E-state index contributed by atoms with van der Waals surface area (Å²) < 4.78 is 5.72. The van der Waals surface area contributed by atoms with Gasteiger partial charge in [-0.1, -0.05) is 30.3 Å². The number of piperazine rings is 1. The molecule has 7 heteroatoms. The molecule has 2 aromatic carbocycles. The number of fused-ring (bicyclic) bond motifs is 1. The van der Waals surface area contributed by atoms with E-state index < -0.39 is 0 Å². The molecule has 1 unspecified atom stereocenters. The van der Waals surface area contributed by atoms with Gasteiger partial charge in [0.2, 0.25) is 0 Å². The topological polar surface area (TPSA) is 66.1 Å². The van der Waals surface area contributed by atoms with Crippen LogP contribution in [0.25, 0.3) is 0 Å². The van der Waals surface area contributed by atoms with E-state index in [0.717, 1.165) is 36.7 Å². The molecule has 172 valence electrons. The van der Waals surface area contributed by atoms with Crippen LogP contribution in [0.2, 0.25) is 0 Å². The predicted molar refractivity (Wildman–Crippen MR) is 141 cm³/mol. The van der Waals surface area contributed by atoms with Crippen molar-refractivity contribution in [3.63, 3.8) is 0 Å². The van der Waals surface area contributed by atoms with Gasteiger partial charge >= 0.3 is 0 Å². The van der Waals surface area contributed by atoms with Crippen LogP contribution in [0, 0.1) is 5.92 Å². The zero-order chi connectivity index (χ0) is 21.0. The second kappa shape index (κ2) is 10.7. The van der Waals surface area contributed by atoms with Crippen molar-refractivity contribution >= 4 is 35.6 Å². The Kier molecular flexibility index (Phi) is 7.78. The van der Waals surface area contributed by atoms with Crippen molar-refractivity contribution in [2.75, 3.05) is 44.2 Å². The summed E-state index contributed by atoms with van der Waals surface area (Å²) >= 11 is 0. The number of ether oxygens (including phenoxy) is 1. The molecular weight excluding hydrogens is 513 g/mol. The van der Waals surface area contributed by atoms with Crippen LogP contribution in [-0.2, 0) is 6.54 Å². The molecule has 1 saturated carbocycles. The Morgan fingerprint density at radius 2 is 1.75 bits per heavy atom. The van der Waals surface area contributed by atoms with E-state index in [0.29, 0.717) is 19.1 Å². The van der Waals surface area contributed by atoms with Gasteiger partial charge in [0.25, 0.3) is 0 Å². The number of hydrogen-bond acceptors (Lipinski definition) is 4. The van der Waals surface area contributed by atoms with Crippen molar-refractivity contribution < 1.29 is 4.74 Å². The zero-order valence-electron chi connectivity index (χ0n) is 18.6. The fourth-order valence-corrected chi connectivity index (χ4v) is 4.56. The molecule has 2 heterocycles. The van der Waals surface area contributed by atoms with Crippen LogP contribution in [0.1, 0.15) is 36.4 Å². The highest BCUT2D eigenvalue weighted by molar-refractivity contribution is 14.0. The number of benzene rings is 2. The maximum Gasteiger partial charge on any atom is 0.189 e. The van der Waals surface area contributed by atoms with Gasteiger partial charge in [-0.05, 0) is 42.5 Å². The highest BCUT2D eigenvalue weighted by Crippen LogP contribution is 2.31. The molecule has 0 bridgehead atoms. The van der Waals surface area contributed by atoms with Crippen LogP contribution in [0.5, 0.6) is 5.75 Å². The predicted octanol–water partition coefficient (Wildman–Crippen LogP) is 3.76. The number of rotatable bonds is 6. The van der Waals surface area contributed by atoms with Gasteiger partial charge < -0.3 is 20.7 Å². The molecule has 1 atom stereocenters. The normalized spacial score (nSPS) is 21.3. The number of nitrogens with zero attached hydrogens (tertiary/aromatic N) is 3. The van der Waals surface area contributed by atoms with E-state index in [9.17, 15) is 0 Å². The lowest BCUT2D eigenvalue weighted by Crippen LogP contribution is -2.47. The molecule has 2 fully saturated rings. The third-order valence-corrected chi connectivity index (χ3v) is 6.60. The molecule has 2 aromatic rings. The maximum absolute atomic E-state index is 6.19. The summed E-state index contributed by atoms with van der Waals surface area (Å²) in [5, 5.41) is 3.37. The second-order valence-electron chi connectivity index (χ2n) is 8.97. The monoisotopic (exact) mass is 547 g/mol. The molecule has 5 rings (SSSR count). The van der Waals surface area contributed by atoms with Gasteiger partial charge in [0, 0.05) is 50.4 Å².